The average molecular weight is 767 g/mol. The number of hydrogen-bond acceptors (Lipinski definition) is 4. The van der Waals surface area contributed by atoms with Crippen LogP contribution >= 0.6 is 0 Å². The van der Waals surface area contributed by atoms with E-state index in [1.54, 1.807) is 0 Å². The first-order valence-corrected chi connectivity index (χ1v) is 20.2. The van der Waals surface area contributed by atoms with Crippen molar-refractivity contribution in [1.29, 1.82) is 5.26 Å². The highest BCUT2D eigenvalue weighted by Crippen LogP contribution is 2.47. The summed E-state index contributed by atoms with van der Waals surface area (Å²) in [5.74, 6) is 0. The molecule has 8 aromatic rings. The zero-order chi connectivity index (χ0) is 41.6. The number of hydrogen-bond donors (Lipinski definition) is 1. The molecular formula is C53H46N6. The minimum absolute atomic E-state index is 0.187. The quantitative estimate of drug-likeness (QED) is 0.178. The van der Waals surface area contributed by atoms with Gasteiger partial charge in [0.15, 0.2) is 0 Å². The first-order chi connectivity index (χ1) is 28.0. The summed E-state index contributed by atoms with van der Waals surface area (Å²) in [5, 5.41) is 13.3. The van der Waals surface area contributed by atoms with Crippen LogP contribution in [0.2, 0.25) is 0 Å². The number of nitrogens with zero attached hydrogens (tertiary/aromatic N) is 5. The van der Waals surface area contributed by atoms with Crippen LogP contribution < -0.4 is 0 Å². The highest BCUT2D eigenvalue weighted by atomic mass is 14.9. The monoisotopic (exact) mass is 766 g/mol. The number of aromatic amines is 1. The van der Waals surface area contributed by atoms with Gasteiger partial charge in [0.25, 0.3) is 0 Å². The lowest BCUT2D eigenvalue weighted by atomic mass is 9.83. The van der Waals surface area contributed by atoms with Gasteiger partial charge in [-0.25, -0.2) is 14.8 Å². The maximum Gasteiger partial charge on any atom is 0.222 e. The Kier molecular flexibility index (Phi) is 8.51. The molecule has 0 fully saturated rings. The number of rotatable bonds is 2. The third-order valence-electron chi connectivity index (χ3n) is 11.7. The smallest absolute Gasteiger partial charge is 0.222 e. The summed E-state index contributed by atoms with van der Waals surface area (Å²) in [4.78, 5) is 24.4. The Morgan fingerprint density at radius 2 is 0.949 bits per heavy atom. The molecule has 1 N–H and O–H groups in total. The molecule has 6 nitrogen and oxygen atoms in total. The number of pyridine rings is 3. The molecule has 4 aromatic heterocycles. The Hall–Kier alpha value is -6.89. The second kappa shape index (κ2) is 13.3. The summed E-state index contributed by atoms with van der Waals surface area (Å²) in [6.45, 7) is 28.6. The van der Waals surface area contributed by atoms with Crippen molar-refractivity contribution in [3.8, 4) is 73.6 Å². The SMILES string of the molecule is [C-]#[N+]c1c(-c2ccccc2)cc2nc1-c1cc(C(C)(C)C)cc(n1)-c1nc(cc(-c3ccccc3)c1C#N)-c1cc(C(C)(C)C)cc3c1[nH]c1c-2cc(C(C)(C)C)cc13. The Balaban J connectivity index is 1.57. The third kappa shape index (κ3) is 6.37. The molecule has 9 rings (SSSR count). The van der Waals surface area contributed by atoms with Crippen LogP contribution in [-0.4, -0.2) is 19.9 Å². The zero-order valence-electron chi connectivity index (χ0n) is 35.1. The maximum absolute atomic E-state index is 11.1. The largest absolute Gasteiger partial charge is 0.353 e. The van der Waals surface area contributed by atoms with Crippen LogP contribution in [-0.2, 0) is 16.2 Å². The molecule has 0 saturated carbocycles. The molecule has 6 heteroatoms. The van der Waals surface area contributed by atoms with Gasteiger partial charge in [0.1, 0.15) is 11.8 Å². The number of nitrogens with one attached hydrogen (secondary N) is 1. The van der Waals surface area contributed by atoms with Gasteiger partial charge in [-0.15, -0.1) is 0 Å². The minimum Gasteiger partial charge on any atom is -0.353 e. The second-order valence-corrected chi connectivity index (χ2v) is 18.9. The fraction of sp³-hybridized carbons (Fsp3) is 0.226. The van der Waals surface area contributed by atoms with Gasteiger partial charge < -0.3 is 4.98 Å². The third-order valence-corrected chi connectivity index (χ3v) is 11.7. The maximum atomic E-state index is 11.1. The van der Waals surface area contributed by atoms with Gasteiger partial charge in [0.05, 0.1) is 51.6 Å². The van der Waals surface area contributed by atoms with Crippen LogP contribution in [0.1, 0.15) is 84.6 Å². The molecular weight excluding hydrogens is 721 g/mol. The van der Waals surface area contributed by atoms with E-state index in [4.69, 9.17) is 21.5 Å². The van der Waals surface area contributed by atoms with Crippen LogP contribution in [0.15, 0.2) is 109 Å². The lowest BCUT2D eigenvalue weighted by Crippen LogP contribution is -2.13. The van der Waals surface area contributed by atoms with E-state index in [0.29, 0.717) is 34.0 Å². The van der Waals surface area contributed by atoms with Crippen molar-refractivity contribution in [1.82, 2.24) is 19.9 Å². The van der Waals surface area contributed by atoms with Crippen LogP contribution in [0.5, 0.6) is 0 Å². The molecule has 4 aromatic carbocycles. The summed E-state index contributed by atoms with van der Waals surface area (Å²) in [5.41, 5.74) is 14.3. The summed E-state index contributed by atoms with van der Waals surface area (Å²) in [6.07, 6.45) is 0. The van der Waals surface area contributed by atoms with E-state index < -0.39 is 0 Å². The van der Waals surface area contributed by atoms with Gasteiger partial charge in [0, 0.05) is 27.5 Å². The number of H-pyrrole nitrogens is 1. The molecule has 288 valence electrons. The molecule has 1 aliphatic heterocycles. The summed E-state index contributed by atoms with van der Waals surface area (Å²) in [6, 6.07) is 40.2. The predicted molar refractivity (Wildman–Crippen MR) is 242 cm³/mol. The van der Waals surface area contributed by atoms with Crippen molar-refractivity contribution in [3.05, 3.63) is 143 Å². The first kappa shape index (κ1) is 37.7. The fourth-order valence-electron chi connectivity index (χ4n) is 8.21. The highest BCUT2D eigenvalue weighted by molar-refractivity contribution is 6.16. The zero-order valence-corrected chi connectivity index (χ0v) is 35.1. The van der Waals surface area contributed by atoms with Crippen molar-refractivity contribution in [3.63, 3.8) is 0 Å². The van der Waals surface area contributed by atoms with Gasteiger partial charge in [0.2, 0.25) is 5.69 Å². The van der Waals surface area contributed by atoms with Gasteiger partial charge >= 0.3 is 0 Å². The molecule has 0 aliphatic carbocycles. The standard InChI is InChI=1S/C53H46N6/c1-51(2,3)32-21-37-38-22-33(52(4,5)6)24-40-43-28-36(31-19-15-12-16-20-31)49(55-10)50(58-43)45-26-34(53(7,8)9)25-44(56-45)48-41(29-54)35(30-17-13-11-14-18-30)27-42(57-48)39(23-32)46(37)59-47(38)40/h11-28,59H,1-9H3. The molecule has 0 unspecified atom stereocenters. The van der Waals surface area contributed by atoms with E-state index >= 15 is 0 Å². The van der Waals surface area contributed by atoms with Crippen molar-refractivity contribution in [2.75, 3.05) is 0 Å². The number of nitriles is 1. The van der Waals surface area contributed by atoms with Gasteiger partial charge in [-0.05, 0) is 98.2 Å². The van der Waals surface area contributed by atoms with E-state index in [1.165, 1.54) is 11.1 Å². The van der Waals surface area contributed by atoms with Gasteiger partial charge in [-0.3, -0.25) is 4.98 Å². The topological polar surface area (TPSA) is 82.6 Å². The summed E-state index contributed by atoms with van der Waals surface area (Å²) < 4.78 is 0. The van der Waals surface area contributed by atoms with Crippen LogP contribution in [0.4, 0.5) is 5.69 Å². The second-order valence-electron chi connectivity index (χ2n) is 18.9. The average Bonchev–Trinajstić information content (AvgIpc) is 3.60. The molecule has 59 heavy (non-hydrogen) atoms. The molecule has 1 aliphatic rings. The number of fused-ring (bicyclic) bond motifs is 11. The normalized spacial score (nSPS) is 12.5. The first-order valence-electron chi connectivity index (χ1n) is 20.2. The number of benzene rings is 4. The van der Waals surface area contributed by atoms with Crippen molar-refractivity contribution < 1.29 is 0 Å². The van der Waals surface area contributed by atoms with Crippen molar-refractivity contribution in [2.24, 2.45) is 0 Å². The number of aromatic nitrogens is 4. The van der Waals surface area contributed by atoms with Crippen LogP contribution in [0.3, 0.4) is 0 Å². The Morgan fingerprint density at radius 3 is 1.42 bits per heavy atom. The van der Waals surface area contributed by atoms with Gasteiger partial charge in [-0.2, -0.15) is 5.26 Å². The van der Waals surface area contributed by atoms with Gasteiger partial charge in [-0.1, -0.05) is 123 Å². The molecule has 0 spiro atoms. The van der Waals surface area contributed by atoms with E-state index in [0.717, 1.165) is 72.1 Å². The molecule has 0 saturated heterocycles. The lowest BCUT2D eigenvalue weighted by Gasteiger charge is -2.23. The molecule has 0 atom stereocenters. The minimum atomic E-state index is -0.318. The molecule has 0 amide bonds. The van der Waals surface area contributed by atoms with Crippen molar-refractivity contribution in [2.45, 2.75) is 78.6 Å². The van der Waals surface area contributed by atoms with E-state index in [-0.39, 0.29) is 16.2 Å². The Labute approximate surface area is 346 Å². The van der Waals surface area contributed by atoms with E-state index in [9.17, 15) is 5.26 Å². The molecule has 5 heterocycles. The Bertz CT molecular complexity index is 2900. The highest BCUT2D eigenvalue weighted by Gasteiger charge is 2.29. The van der Waals surface area contributed by atoms with E-state index in [2.05, 4.69) is 127 Å². The summed E-state index contributed by atoms with van der Waals surface area (Å²) >= 11 is 0. The van der Waals surface area contributed by atoms with E-state index in [1.807, 2.05) is 60.7 Å². The van der Waals surface area contributed by atoms with Crippen LogP contribution in [0.25, 0.3) is 94.2 Å². The predicted octanol–water partition coefficient (Wildman–Crippen LogP) is 14.1. The van der Waals surface area contributed by atoms with Crippen molar-refractivity contribution >= 4 is 27.5 Å². The lowest BCUT2D eigenvalue weighted by molar-refractivity contribution is 0.590. The Morgan fingerprint density at radius 1 is 0.508 bits per heavy atom. The molecule has 0 radical (unpaired) electrons. The fourth-order valence-corrected chi connectivity index (χ4v) is 8.21. The summed E-state index contributed by atoms with van der Waals surface area (Å²) in [7, 11) is 0. The van der Waals surface area contributed by atoms with Crippen LogP contribution in [0, 0.1) is 17.9 Å². The molecule has 8 bridgehead atoms.